The van der Waals surface area contributed by atoms with Crippen LogP contribution in [0.1, 0.15) is 11.7 Å². The molecule has 27 heavy (non-hydrogen) atoms. The molecule has 2 aromatic carbocycles. The second kappa shape index (κ2) is 7.45. The number of hydrogen-bond acceptors (Lipinski definition) is 2. The van der Waals surface area contributed by atoms with Crippen molar-refractivity contribution in [3.63, 3.8) is 0 Å². The van der Waals surface area contributed by atoms with E-state index in [4.69, 9.17) is 11.2 Å². The van der Waals surface area contributed by atoms with E-state index in [1.54, 1.807) is 0 Å². The Labute approximate surface area is 154 Å². The molecule has 11 heteroatoms. The first-order valence-electron chi connectivity index (χ1n) is 7.22. The van der Waals surface area contributed by atoms with Gasteiger partial charge < -0.3 is 0 Å². The van der Waals surface area contributed by atoms with Gasteiger partial charge in [0, 0.05) is 0 Å². The Morgan fingerprint density at radius 1 is 0.815 bits per heavy atom. The maximum absolute atomic E-state index is 14.3. The van der Waals surface area contributed by atoms with Crippen molar-refractivity contribution in [2.45, 2.75) is 24.1 Å². The zero-order valence-corrected chi connectivity index (χ0v) is 14.8. The van der Waals surface area contributed by atoms with Crippen LogP contribution in [0, 0.1) is 0 Å². The summed E-state index contributed by atoms with van der Waals surface area (Å²) in [6, 6.07) is 11.5. The Kier molecular flexibility index (Phi) is 5.99. The molecule has 2 nitrogen and oxygen atoms in total. The minimum absolute atomic E-state index is 0.335. The molecule has 0 radical (unpaired) electrons. The summed E-state index contributed by atoms with van der Waals surface area (Å²) in [5.74, 6) is -12.3. The summed E-state index contributed by atoms with van der Waals surface area (Å²) >= 11 is 5.65. The maximum Gasteiger partial charge on any atom is 0.459 e. The molecule has 0 aliphatic heterocycles. The van der Waals surface area contributed by atoms with Gasteiger partial charge in [0.05, 0.1) is 5.30 Å². The third-order valence-corrected chi connectivity index (χ3v) is 5.73. The largest absolute Gasteiger partial charge is 0.459 e. The van der Waals surface area contributed by atoms with E-state index in [2.05, 4.69) is 4.52 Å². The van der Waals surface area contributed by atoms with Crippen LogP contribution in [0.15, 0.2) is 60.7 Å². The summed E-state index contributed by atoms with van der Waals surface area (Å²) in [5, 5.41) is -0.335. The van der Waals surface area contributed by atoms with Gasteiger partial charge in [-0.2, -0.15) is 30.7 Å². The van der Waals surface area contributed by atoms with Crippen molar-refractivity contribution in [3.05, 3.63) is 66.2 Å². The first kappa shape index (κ1) is 21.7. The summed E-state index contributed by atoms with van der Waals surface area (Å²) in [6.45, 7) is -4.69. The molecule has 0 bridgehead atoms. The average molecular weight is 435 g/mol. The lowest BCUT2D eigenvalue weighted by Crippen LogP contribution is -2.55. The third-order valence-electron chi connectivity index (χ3n) is 3.51. The molecule has 0 amide bonds. The number of hydrogen-bond donors (Lipinski definition) is 0. The Bertz CT molecular complexity index is 813. The molecule has 0 saturated carbocycles. The van der Waals surface area contributed by atoms with Gasteiger partial charge in [-0.15, -0.1) is 0 Å². The van der Waals surface area contributed by atoms with Gasteiger partial charge in [-0.1, -0.05) is 48.5 Å². The molecular formula is C16H11ClF7O2P. The van der Waals surface area contributed by atoms with Crippen molar-refractivity contribution in [2.24, 2.45) is 0 Å². The number of rotatable bonds is 6. The van der Waals surface area contributed by atoms with Gasteiger partial charge in [-0.3, -0.25) is 9.09 Å². The van der Waals surface area contributed by atoms with Crippen LogP contribution in [-0.4, -0.2) is 18.0 Å². The van der Waals surface area contributed by atoms with Gasteiger partial charge in [0.15, 0.2) is 6.10 Å². The fourth-order valence-corrected chi connectivity index (χ4v) is 3.87. The minimum Gasteiger partial charge on any atom is -0.299 e. The topological polar surface area (TPSA) is 26.3 Å². The van der Waals surface area contributed by atoms with Crippen molar-refractivity contribution < 1.29 is 39.8 Å². The van der Waals surface area contributed by atoms with Crippen molar-refractivity contribution in [3.8, 4) is 0 Å². The highest BCUT2D eigenvalue weighted by molar-refractivity contribution is 7.91. The van der Waals surface area contributed by atoms with E-state index in [9.17, 15) is 35.3 Å². The molecule has 0 aliphatic rings. The minimum atomic E-state index is -6.57. The summed E-state index contributed by atoms with van der Waals surface area (Å²) < 4.78 is 110. The molecule has 0 N–H and O–H groups in total. The quantitative estimate of drug-likeness (QED) is 0.392. The van der Waals surface area contributed by atoms with Gasteiger partial charge in [0.25, 0.3) is 0 Å². The van der Waals surface area contributed by atoms with Crippen molar-refractivity contribution in [1.29, 1.82) is 0 Å². The number of benzene rings is 2. The Morgan fingerprint density at radius 3 is 1.70 bits per heavy atom. The zero-order valence-electron chi connectivity index (χ0n) is 13.1. The highest BCUT2D eigenvalue weighted by atomic mass is 35.7. The van der Waals surface area contributed by atoms with Gasteiger partial charge >= 0.3 is 24.7 Å². The molecular weight excluding hydrogens is 424 g/mol. The molecule has 0 saturated heterocycles. The lowest BCUT2D eigenvalue weighted by molar-refractivity contribution is -0.369. The molecule has 0 aromatic heterocycles. The summed E-state index contributed by atoms with van der Waals surface area (Å²) in [6.07, 6.45) is -9.80. The van der Waals surface area contributed by atoms with Gasteiger partial charge in [-0.25, -0.2) is 0 Å². The Hall–Kier alpha value is -1.57. The van der Waals surface area contributed by atoms with Gasteiger partial charge in [0.1, 0.15) is 0 Å². The standard InChI is InChI=1S/C16H11ClF7O2P/c17-27(25,12-9-5-2-6-10-12)26-13(11-7-3-1-4-8-11)14(18,19)15(20,21)16(22,23)24/h1-10,13H. The maximum atomic E-state index is 14.3. The monoisotopic (exact) mass is 434 g/mol. The fourth-order valence-electron chi connectivity index (χ4n) is 2.12. The molecule has 0 spiro atoms. The molecule has 0 aliphatic carbocycles. The lowest BCUT2D eigenvalue weighted by atomic mass is 9.98. The average Bonchev–Trinajstić information content (AvgIpc) is 2.60. The summed E-state index contributed by atoms with van der Waals surface area (Å²) in [5.41, 5.74) is -0.747. The molecule has 2 unspecified atom stereocenters. The van der Waals surface area contributed by atoms with E-state index in [1.165, 1.54) is 24.3 Å². The first-order chi connectivity index (χ1) is 12.3. The summed E-state index contributed by atoms with van der Waals surface area (Å²) in [7, 11) is 0. The van der Waals surface area contributed by atoms with Crippen molar-refractivity contribution >= 4 is 23.3 Å². The van der Waals surface area contributed by atoms with Gasteiger partial charge in [0.2, 0.25) is 0 Å². The zero-order chi connectivity index (χ0) is 20.5. The smallest absolute Gasteiger partial charge is 0.299 e. The van der Waals surface area contributed by atoms with Crippen LogP contribution in [-0.2, 0) is 9.09 Å². The summed E-state index contributed by atoms with van der Waals surface area (Å²) in [4.78, 5) is 0. The molecule has 0 fully saturated rings. The van der Waals surface area contributed by atoms with Gasteiger partial charge in [-0.05, 0) is 28.9 Å². The van der Waals surface area contributed by atoms with E-state index in [-0.39, 0.29) is 5.30 Å². The molecule has 2 aromatic rings. The Balaban J connectivity index is 2.55. The van der Waals surface area contributed by atoms with Crippen LogP contribution in [0.5, 0.6) is 0 Å². The SMILES string of the molecule is O=P(Cl)(OC(c1ccccc1)C(F)(F)C(F)(F)C(F)(F)F)c1ccccc1. The first-order valence-corrected chi connectivity index (χ1v) is 9.74. The Morgan fingerprint density at radius 2 is 1.26 bits per heavy atom. The fraction of sp³-hybridized carbons (Fsp3) is 0.250. The van der Waals surface area contributed by atoms with Crippen LogP contribution >= 0.6 is 18.0 Å². The van der Waals surface area contributed by atoms with E-state index < -0.39 is 36.4 Å². The van der Waals surface area contributed by atoms with Crippen LogP contribution in [0.25, 0.3) is 0 Å². The van der Waals surface area contributed by atoms with Crippen molar-refractivity contribution in [1.82, 2.24) is 0 Å². The third kappa shape index (κ3) is 4.31. The highest BCUT2D eigenvalue weighted by Crippen LogP contribution is 2.61. The predicted molar refractivity (Wildman–Crippen MR) is 85.8 cm³/mol. The van der Waals surface area contributed by atoms with Crippen LogP contribution in [0.4, 0.5) is 30.7 Å². The predicted octanol–water partition coefficient (Wildman–Crippen LogP) is 6.33. The second-order valence-electron chi connectivity index (χ2n) is 5.41. The molecule has 0 heterocycles. The van der Waals surface area contributed by atoms with E-state index >= 15 is 0 Å². The molecule has 2 atom stereocenters. The lowest BCUT2D eigenvalue weighted by Gasteiger charge is -2.34. The second-order valence-corrected chi connectivity index (χ2v) is 8.43. The number of halogens is 8. The van der Waals surface area contributed by atoms with E-state index in [1.807, 2.05) is 0 Å². The number of alkyl halides is 7. The highest BCUT2D eigenvalue weighted by Gasteiger charge is 2.76. The van der Waals surface area contributed by atoms with Crippen LogP contribution < -0.4 is 5.30 Å². The van der Waals surface area contributed by atoms with E-state index in [0.717, 1.165) is 36.4 Å². The molecule has 148 valence electrons. The van der Waals surface area contributed by atoms with Crippen LogP contribution in [0.2, 0.25) is 0 Å². The van der Waals surface area contributed by atoms with Crippen molar-refractivity contribution in [2.75, 3.05) is 0 Å². The van der Waals surface area contributed by atoms with Crippen LogP contribution in [0.3, 0.4) is 0 Å². The van der Waals surface area contributed by atoms with E-state index in [0.29, 0.717) is 0 Å². The molecule has 2 rings (SSSR count). The normalized spacial score (nSPS) is 16.6.